The summed E-state index contributed by atoms with van der Waals surface area (Å²) in [5.41, 5.74) is 7.28. The van der Waals surface area contributed by atoms with Crippen molar-refractivity contribution in [3.8, 4) is 0 Å². The van der Waals surface area contributed by atoms with Crippen LogP contribution in [0.4, 0.5) is 10.5 Å². The number of carbonyl (C=O) groups excluding carboxylic acids is 1. The van der Waals surface area contributed by atoms with Crippen LogP contribution in [0.2, 0.25) is 0 Å². The summed E-state index contributed by atoms with van der Waals surface area (Å²) in [4.78, 5) is 11.3. The van der Waals surface area contributed by atoms with E-state index in [1.807, 2.05) is 12.1 Å². The molecule has 0 heterocycles. The average Bonchev–Trinajstić information content (AvgIpc) is 2.28. The van der Waals surface area contributed by atoms with Gasteiger partial charge >= 0.3 is 6.09 Å². The molecule has 1 amide bonds. The molecule has 0 unspecified atom stereocenters. The number of ether oxygens (including phenoxy) is 1. The summed E-state index contributed by atoms with van der Waals surface area (Å²) in [6, 6.07) is 7.37. The third kappa shape index (κ3) is 7.01. The summed E-state index contributed by atoms with van der Waals surface area (Å²) in [5.74, 6) is 0.542. The summed E-state index contributed by atoms with van der Waals surface area (Å²) in [5, 5.41) is 2.69. The lowest BCUT2D eigenvalue weighted by Crippen LogP contribution is -2.24. The van der Waals surface area contributed by atoms with Gasteiger partial charge in [0, 0.05) is 12.2 Å². The summed E-state index contributed by atoms with van der Waals surface area (Å²) < 4.78 is 5.02. The number of nitrogens with one attached hydrogen (secondary N) is 1. The van der Waals surface area contributed by atoms with Gasteiger partial charge in [-0.15, -0.1) is 12.4 Å². The number of rotatable bonds is 5. The van der Waals surface area contributed by atoms with Crippen molar-refractivity contribution in [1.29, 1.82) is 0 Å². The van der Waals surface area contributed by atoms with Crippen molar-refractivity contribution in [2.45, 2.75) is 26.8 Å². The number of carbonyl (C=O) groups is 1. The maximum atomic E-state index is 11.3. The van der Waals surface area contributed by atoms with Gasteiger partial charge < -0.3 is 15.8 Å². The molecule has 1 aromatic carbocycles. The van der Waals surface area contributed by atoms with Gasteiger partial charge in [0.05, 0.1) is 6.61 Å². The molecule has 0 saturated carbocycles. The Morgan fingerprint density at radius 2 is 1.94 bits per heavy atom. The Morgan fingerprint density at radius 1 is 1.33 bits per heavy atom. The van der Waals surface area contributed by atoms with Crippen molar-refractivity contribution >= 4 is 24.2 Å². The van der Waals surface area contributed by atoms with Crippen LogP contribution in [0.15, 0.2) is 24.3 Å². The maximum absolute atomic E-state index is 11.3. The number of benzene rings is 1. The molecule has 1 aromatic rings. The number of amides is 1. The number of alkyl carbamates (subject to hydrolysis) is 1. The van der Waals surface area contributed by atoms with Crippen molar-refractivity contribution < 1.29 is 9.53 Å². The van der Waals surface area contributed by atoms with Crippen LogP contribution in [0.5, 0.6) is 0 Å². The topological polar surface area (TPSA) is 64.3 Å². The van der Waals surface area contributed by atoms with Crippen molar-refractivity contribution in [2.24, 2.45) is 5.92 Å². The molecule has 0 aliphatic carbocycles. The Hall–Kier alpha value is -1.42. The molecule has 0 fully saturated rings. The van der Waals surface area contributed by atoms with E-state index in [0.717, 1.165) is 12.0 Å². The molecule has 4 nitrogen and oxygen atoms in total. The minimum atomic E-state index is -0.373. The highest BCUT2D eigenvalue weighted by Gasteiger charge is 2.02. The first-order valence-electron chi connectivity index (χ1n) is 5.83. The number of nitrogen functional groups attached to an aromatic ring is 1. The molecule has 1 rings (SSSR count). The highest BCUT2D eigenvalue weighted by Crippen LogP contribution is 2.05. The number of halogens is 1. The fraction of sp³-hybridized carbons (Fsp3) is 0.462. The quantitative estimate of drug-likeness (QED) is 0.810. The van der Waals surface area contributed by atoms with Gasteiger partial charge in [-0.2, -0.15) is 0 Å². The van der Waals surface area contributed by atoms with Crippen LogP contribution >= 0.6 is 12.4 Å². The lowest BCUT2D eigenvalue weighted by molar-refractivity contribution is 0.140. The van der Waals surface area contributed by atoms with Crippen molar-refractivity contribution in [3.05, 3.63) is 29.8 Å². The molecule has 3 N–H and O–H groups in total. The third-order valence-electron chi connectivity index (χ3n) is 2.34. The van der Waals surface area contributed by atoms with Gasteiger partial charge in [-0.25, -0.2) is 4.79 Å². The minimum absolute atomic E-state index is 0. The normalized spacial score (nSPS) is 9.72. The number of hydrogen-bond acceptors (Lipinski definition) is 3. The first-order valence-corrected chi connectivity index (χ1v) is 5.83. The average molecular weight is 273 g/mol. The van der Waals surface area contributed by atoms with E-state index < -0.39 is 0 Å². The predicted molar refractivity (Wildman–Crippen MR) is 75.7 cm³/mol. The number of nitrogens with two attached hydrogens (primary N) is 1. The molecule has 0 radical (unpaired) electrons. The summed E-state index contributed by atoms with van der Waals surface area (Å²) in [6.45, 7) is 5.11. The molecular formula is C13H21ClN2O2. The van der Waals surface area contributed by atoms with Crippen LogP contribution in [0, 0.1) is 5.92 Å². The Kier molecular flexibility index (Phi) is 7.96. The van der Waals surface area contributed by atoms with E-state index in [1.165, 1.54) is 0 Å². The third-order valence-corrected chi connectivity index (χ3v) is 2.34. The van der Waals surface area contributed by atoms with Gasteiger partial charge in [-0.1, -0.05) is 26.0 Å². The highest BCUT2D eigenvalue weighted by atomic mass is 35.5. The molecule has 0 aliphatic heterocycles. The lowest BCUT2D eigenvalue weighted by Gasteiger charge is -2.08. The van der Waals surface area contributed by atoms with Crippen molar-refractivity contribution in [2.75, 3.05) is 12.3 Å². The van der Waals surface area contributed by atoms with Crippen LogP contribution in [-0.4, -0.2) is 12.7 Å². The van der Waals surface area contributed by atoms with Gasteiger partial charge in [-0.05, 0) is 30.0 Å². The molecule has 0 bridgehead atoms. The monoisotopic (exact) mass is 272 g/mol. The zero-order valence-corrected chi connectivity index (χ0v) is 11.6. The van der Waals surface area contributed by atoms with Gasteiger partial charge in [-0.3, -0.25) is 0 Å². The first kappa shape index (κ1) is 16.6. The van der Waals surface area contributed by atoms with Crippen LogP contribution in [0.3, 0.4) is 0 Å². The largest absolute Gasteiger partial charge is 0.450 e. The van der Waals surface area contributed by atoms with E-state index in [2.05, 4.69) is 19.2 Å². The Labute approximate surface area is 114 Å². The SMILES string of the molecule is CC(C)CCOC(=O)NCc1ccc(N)cc1.Cl. The van der Waals surface area contributed by atoms with Crippen LogP contribution < -0.4 is 11.1 Å². The highest BCUT2D eigenvalue weighted by molar-refractivity contribution is 5.85. The van der Waals surface area contributed by atoms with Crippen LogP contribution in [0.1, 0.15) is 25.8 Å². The predicted octanol–water partition coefficient (Wildman–Crippen LogP) is 2.96. The van der Waals surface area contributed by atoms with Crippen molar-refractivity contribution in [1.82, 2.24) is 5.32 Å². The molecular weight excluding hydrogens is 252 g/mol. The molecule has 0 aromatic heterocycles. The smallest absolute Gasteiger partial charge is 0.407 e. The Balaban J connectivity index is 0.00000289. The van der Waals surface area contributed by atoms with E-state index in [-0.39, 0.29) is 18.5 Å². The molecule has 0 atom stereocenters. The molecule has 0 aliphatic rings. The first-order chi connectivity index (χ1) is 8.08. The molecule has 0 saturated heterocycles. The second-order valence-electron chi connectivity index (χ2n) is 4.41. The fourth-order valence-corrected chi connectivity index (χ4v) is 1.25. The second kappa shape index (κ2) is 8.64. The van der Waals surface area contributed by atoms with Gasteiger partial charge in [0.15, 0.2) is 0 Å². The summed E-state index contributed by atoms with van der Waals surface area (Å²) in [6.07, 6.45) is 0.512. The van der Waals surface area contributed by atoms with E-state index in [4.69, 9.17) is 10.5 Å². The van der Waals surface area contributed by atoms with Crippen molar-refractivity contribution in [3.63, 3.8) is 0 Å². The summed E-state index contributed by atoms with van der Waals surface area (Å²) in [7, 11) is 0. The summed E-state index contributed by atoms with van der Waals surface area (Å²) >= 11 is 0. The van der Waals surface area contributed by atoms with Crippen LogP contribution in [0.25, 0.3) is 0 Å². The second-order valence-corrected chi connectivity index (χ2v) is 4.41. The van der Waals surface area contributed by atoms with Gasteiger partial charge in [0.1, 0.15) is 0 Å². The fourth-order valence-electron chi connectivity index (χ4n) is 1.25. The maximum Gasteiger partial charge on any atom is 0.407 e. The zero-order chi connectivity index (χ0) is 12.7. The van der Waals surface area contributed by atoms with E-state index in [0.29, 0.717) is 24.8 Å². The molecule has 102 valence electrons. The van der Waals surface area contributed by atoms with E-state index >= 15 is 0 Å². The zero-order valence-electron chi connectivity index (χ0n) is 10.8. The van der Waals surface area contributed by atoms with Gasteiger partial charge in [0.2, 0.25) is 0 Å². The van der Waals surface area contributed by atoms with Crippen LogP contribution in [-0.2, 0) is 11.3 Å². The molecule has 5 heteroatoms. The Morgan fingerprint density at radius 3 is 2.50 bits per heavy atom. The van der Waals surface area contributed by atoms with Gasteiger partial charge in [0.25, 0.3) is 0 Å². The number of anilines is 1. The van der Waals surface area contributed by atoms with E-state index in [9.17, 15) is 4.79 Å². The minimum Gasteiger partial charge on any atom is -0.450 e. The van der Waals surface area contributed by atoms with E-state index in [1.54, 1.807) is 12.1 Å². The standard InChI is InChI=1S/C13H20N2O2.ClH/c1-10(2)7-8-17-13(16)15-9-11-3-5-12(14)6-4-11;/h3-6,10H,7-9,14H2,1-2H3,(H,15,16);1H. The lowest BCUT2D eigenvalue weighted by atomic mass is 10.1. The molecule has 18 heavy (non-hydrogen) atoms. The molecule has 0 spiro atoms. The Bertz CT molecular complexity index is 353. The number of hydrogen-bond donors (Lipinski definition) is 2.